The van der Waals surface area contributed by atoms with Crippen molar-refractivity contribution in [3.8, 4) is 11.5 Å². The lowest BCUT2D eigenvalue weighted by Gasteiger charge is -2.11. The number of hydrogen-bond donors (Lipinski definition) is 1. The van der Waals surface area contributed by atoms with E-state index in [1.807, 2.05) is 5.32 Å². The van der Waals surface area contributed by atoms with Crippen molar-refractivity contribution in [3.05, 3.63) is 59.7 Å². The molecule has 10 heteroatoms. The molecule has 1 unspecified atom stereocenters. The minimum Gasteiger partial charge on any atom is -0.491 e. The van der Waals surface area contributed by atoms with Gasteiger partial charge in [-0.3, -0.25) is 14.9 Å². The normalized spacial score (nSPS) is 15.3. The number of halogens is 2. The number of amides is 2. The fourth-order valence-electron chi connectivity index (χ4n) is 2.89. The van der Waals surface area contributed by atoms with E-state index >= 15 is 0 Å². The first-order valence-electron chi connectivity index (χ1n) is 9.81. The molecule has 0 bridgehead atoms. The Morgan fingerprint density at radius 3 is 2.28 bits per heavy atom. The molecule has 0 aromatic heterocycles. The van der Waals surface area contributed by atoms with Gasteiger partial charge in [-0.15, -0.1) is 0 Å². The zero-order chi connectivity index (χ0) is 22.9. The van der Waals surface area contributed by atoms with Gasteiger partial charge in [0, 0.05) is 12.2 Å². The molecule has 0 radical (unpaired) electrons. The summed E-state index contributed by atoms with van der Waals surface area (Å²) < 4.78 is 44.4. The maximum Gasteiger partial charge on any atom is 0.387 e. The zero-order valence-electron chi connectivity index (χ0n) is 16.9. The molecule has 2 aromatic rings. The molecule has 8 nitrogen and oxygen atoms in total. The van der Waals surface area contributed by atoms with Crippen LogP contribution in [0.5, 0.6) is 11.5 Å². The third-order valence-corrected chi connectivity index (χ3v) is 4.48. The average molecular weight is 449 g/mol. The van der Waals surface area contributed by atoms with Crippen LogP contribution in [0.4, 0.5) is 8.78 Å². The number of hydrogen-bond acceptors (Lipinski definition) is 7. The largest absolute Gasteiger partial charge is 0.491 e. The molecule has 1 atom stereocenters. The summed E-state index contributed by atoms with van der Waals surface area (Å²) >= 11 is 0. The fraction of sp³-hybridized carbons (Fsp3) is 0.318. The second kappa shape index (κ2) is 11.2. The van der Waals surface area contributed by atoms with E-state index in [0.717, 1.165) is 19.4 Å². The summed E-state index contributed by atoms with van der Waals surface area (Å²) in [6.07, 6.45) is 2.04. The van der Waals surface area contributed by atoms with Crippen LogP contribution in [0.25, 0.3) is 0 Å². The van der Waals surface area contributed by atoms with Crippen LogP contribution in [-0.4, -0.2) is 50.3 Å². The topological polar surface area (TPSA) is 100 Å². The number of alkyl halides is 2. The molecule has 1 aliphatic heterocycles. The minimum absolute atomic E-state index is 0.0462. The number of nitrogens with one attached hydrogen (secondary N) is 1. The van der Waals surface area contributed by atoms with E-state index in [4.69, 9.17) is 14.2 Å². The predicted molar refractivity (Wildman–Crippen MR) is 107 cm³/mol. The van der Waals surface area contributed by atoms with Crippen LogP contribution in [0, 0.1) is 0 Å². The van der Waals surface area contributed by atoms with Crippen molar-refractivity contribution in [1.29, 1.82) is 0 Å². The number of carbonyl (C=O) groups is 3. The van der Waals surface area contributed by atoms with E-state index in [2.05, 4.69) is 4.74 Å². The van der Waals surface area contributed by atoms with Crippen molar-refractivity contribution in [1.82, 2.24) is 5.32 Å². The fourth-order valence-corrected chi connectivity index (χ4v) is 2.89. The summed E-state index contributed by atoms with van der Waals surface area (Å²) in [6, 6.07) is 11.0. The summed E-state index contributed by atoms with van der Waals surface area (Å²) in [4.78, 5) is 36.0. The quantitative estimate of drug-likeness (QED) is 0.588. The maximum absolute atomic E-state index is 12.1. The summed E-state index contributed by atoms with van der Waals surface area (Å²) in [6.45, 7) is -2.49. The van der Waals surface area contributed by atoms with Crippen molar-refractivity contribution in [2.75, 3.05) is 19.8 Å². The van der Waals surface area contributed by atoms with E-state index in [9.17, 15) is 23.2 Å². The minimum atomic E-state index is -2.99. The third-order valence-electron chi connectivity index (χ3n) is 4.48. The van der Waals surface area contributed by atoms with E-state index in [1.54, 1.807) is 12.1 Å². The van der Waals surface area contributed by atoms with E-state index in [1.165, 1.54) is 36.4 Å². The van der Waals surface area contributed by atoms with E-state index < -0.39 is 31.0 Å². The molecule has 1 heterocycles. The van der Waals surface area contributed by atoms with Crippen LogP contribution < -0.4 is 14.8 Å². The molecule has 1 saturated heterocycles. The van der Waals surface area contributed by atoms with Crippen LogP contribution in [0.15, 0.2) is 48.5 Å². The molecular formula is C22H21F2NO7. The lowest BCUT2D eigenvalue weighted by Crippen LogP contribution is -2.34. The van der Waals surface area contributed by atoms with Gasteiger partial charge < -0.3 is 18.9 Å². The molecule has 0 saturated carbocycles. The van der Waals surface area contributed by atoms with Crippen LogP contribution in [0.1, 0.15) is 33.6 Å². The highest BCUT2D eigenvalue weighted by atomic mass is 19.3. The van der Waals surface area contributed by atoms with Gasteiger partial charge in [-0.05, 0) is 61.4 Å². The van der Waals surface area contributed by atoms with Gasteiger partial charge in [-0.25, -0.2) is 4.79 Å². The Morgan fingerprint density at radius 1 is 1.00 bits per heavy atom. The molecule has 1 aliphatic rings. The average Bonchev–Trinajstić information content (AvgIpc) is 3.30. The Balaban J connectivity index is 1.41. The first-order valence-corrected chi connectivity index (χ1v) is 9.81. The Morgan fingerprint density at radius 2 is 1.66 bits per heavy atom. The molecule has 170 valence electrons. The van der Waals surface area contributed by atoms with Crippen LogP contribution >= 0.6 is 0 Å². The summed E-state index contributed by atoms with van der Waals surface area (Å²) in [7, 11) is 0. The van der Waals surface area contributed by atoms with Gasteiger partial charge in [0.05, 0.1) is 11.7 Å². The van der Waals surface area contributed by atoms with Crippen molar-refractivity contribution in [3.63, 3.8) is 0 Å². The van der Waals surface area contributed by atoms with Crippen molar-refractivity contribution < 1.29 is 42.1 Å². The Labute approximate surface area is 182 Å². The summed E-state index contributed by atoms with van der Waals surface area (Å²) in [5.41, 5.74) is 0.257. The van der Waals surface area contributed by atoms with Gasteiger partial charge in [0.15, 0.2) is 6.61 Å². The van der Waals surface area contributed by atoms with Gasteiger partial charge >= 0.3 is 12.6 Å². The Hall–Kier alpha value is -3.53. The second-order valence-corrected chi connectivity index (χ2v) is 6.83. The zero-order valence-corrected chi connectivity index (χ0v) is 16.9. The summed E-state index contributed by atoms with van der Waals surface area (Å²) in [5.74, 6) is -1.91. The van der Waals surface area contributed by atoms with Gasteiger partial charge in [-0.1, -0.05) is 0 Å². The highest BCUT2D eigenvalue weighted by Gasteiger charge is 2.17. The lowest BCUT2D eigenvalue weighted by atomic mass is 10.2. The van der Waals surface area contributed by atoms with E-state index in [0.29, 0.717) is 12.4 Å². The number of rotatable bonds is 9. The van der Waals surface area contributed by atoms with E-state index in [-0.39, 0.29) is 23.0 Å². The Kier molecular flexibility index (Phi) is 8.09. The maximum atomic E-state index is 12.1. The summed E-state index contributed by atoms with van der Waals surface area (Å²) in [5, 5.41) is 2.04. The second-order valence-electron chi connectivity index (χ2n) is 6.83. The molecule has 1 N–H and O–H groups in total. The molecule has 0 aliphatic carbocycles. The monoisotopic (exact) mass is 449 g/mol. The third kappa shape index (κ3) is 7.02. The number of imide groups is 1. The van der Waals surface area contributed by atoms with Crippen molar-refractivity contribution >= 4 is 17.8 Å². The van der Waals surface area contributed by atoms with Crippen LogP contribution in [0.3, 0.4) is 0 Å². The number of benzene rings is 2. The molecule has 1 fully saturated rings. The first kappa shape index (κ1) is 23.1. The highest BCUT2D eigenvalue weighted by molar-refractivity contribution is 6.05. The molecule has 0 spiro atoms. The SMILES string of the molecule is O=C(COC(=O)c1ccc(OCC2CCCO2)cc1)NC(=O)c1ccc(OC(F)F)cc1. The highest BCUT2D eigenvalue weighted by Crippen LogP contribution is 2.17. The molecule has 2 amide bonds. The first-order chi connectivity index (χ1) is 15.4. The van der Waals surface area contributed by atoms with Crippen LogP contribution in [-0.2, 0) is 14.3 Å². The van der Waals surface area contributed by atoms with Gasteiger partial charge in [0.25, 0.3) is 11.8 Å². The Bertz CT molecular complexity index is 926. The molecule has 32 heavy (non-hydrogen) atoms. The molecule has 2 aromatic carbocycles. The standard InChI is InChI=1S/C22H21F2NO7/c23-22(24)32-17-9-3-14(4-10-17)20(27)25-19(26)13-31-21(28)15-5-7-16(8-6-15)30-12-18-2-1-11-29-18/h3-10,18,22H,1-2,11-13H2,(H,25,26,27). The van der Waals surface area contributed by atoms with Gasteiger partial charge in [-0.2, -0.15) is 8.78 Å². The van der Waals surface area contributed by atoms with Gasteiger partial charge in [0.1, 0.15) is 18.1 Å². The predicted octanol–water partition coefficient (Wildman–Crippen LogP) is 2.96. The number of carbonyl (C=O) groups excluding carboxylic acids is 3. The van der Waals surface area contributed by atoms with Crippen molar-refractivity contribution in [2.24, 2.45) is 0 Å². The smallest absolute Gasteiger partial charge is 0.387 e. The molecular weight excluding hydrogens is 428 g/mol. The van der Waals surface area contributed by atoms with Gasteiger partial charge in [0.2, 0.25) is 0 Å². The van der Waals surface area contributed by atoms with Crippen LogP contribution in [0.2, 0.25) is 0 Å². The van der Waals surface area contributed by atoms with Crippen molar-refractivity contribution in [2.45, 2.75) is 25.6 Å². The lowest BCUT2D eigenvalue weighted by molar-refractivity contribution is -0.123. The molecule has 3 rings (SSSR count). The number of ether oxygens (including phenoxy) is 4. The number of esters is 1.